The molecule has 0 atom stereocenters. The summed E-state index contributed by atoms with van der Waals surface area (Å²) in [6.07, 6.45) is 1.09. The molecule has 0 spiro atoms. The van der Waals surface area contributed by atoms with Crippen molar-refractivity contribution in [3.8, 4) is 0 Å². The third-order valence-corrected chi connectivity index (χ3v) is 3.75. The highest BCUT2D eigenvalue weighted by Gasteiger charge is 2.25. The molecule has 1 heterocycles. The molecule has 0 aliphatic carbocycles. The Balaban J connectivity index is 1.74. The van der Waals surface area contributed by atoms with E-state index in [1.165, 1.54) is 0 Å². The van der Waals surface area contributed by atoms with Crippen LogP contribution in [0, 0.1) is 0 Å². The van der Waals surface area contributed by atoms with Gasteiger partial charge in [-0.15, -0.1) is 0 Å². The minimum atomic E-state index is -0.365. The van der Waals surface area contributed by atoms with Gasteiger partial charge in [0.1, 0.15) is 6.10 Å². The van der Waals surface area contributed by atoms with Crippen molar-refractivity contribution in [2.45, 2.75) is 45.3 Å². The fourth-order valence-electron chi connectivity index (χ4n) is 2.59. The Morgan fingerprint density at radius 3 is 2.35 bits per heavy atom. The van der Waals surface area contributed by atoms with E-state index in [9.17, 15) is 9.59 Å². The van der Waals surface area contributed by atoms with Crippen molar-refractivity contribution in [3.63, 3.8) is 0 Å². The van der Waals surface area contributed by atoms with Gasteiger partial charge in [-0.1, -0.05) is 30.3 Å². The van der Waals surface area contributed by atoms with Crippen LogP contribution < -0.4 is 5.32 Å². The van der Waals surface area contributed by atoms with Crippen LogP contribution in [0.2, 0.25) is 0 Å². The lowest BCUT2D eigenvalue weighted by Crippen LogP contribution is -2.45. The van der Waals surface area contributed by atoms with Crippen molar-refractivity contribution in [2.75, 3.05) is 19.6 Å². The summed E-state index contributed by atoms with van der Waals surface area (Å²) in [7, 11) is 0. The molecule has 1 aliphatic heterocycles. The Morgan fingerprint density at radius 1 is 1.17 bits per heavy atom. The highest BCUT2D eigenvalue weighted by Crippen LogP contribution is 2.15. The van der Waals surface area contributed by atoms with Crippen LogP contribution in [-0.2, 0) is 4.74 Å². The van der Waals surface area contributed by atoms with Gasteiger partial charge in [-0.25, -0.2) is 4.79 Å². The molecule has 126 valence electrons. The van der Waals surface area contributed by atoms with Crippen molar-refractivity contribution in [3.05, 3.63) is 35.9 Å². The number of rotatable bonds is 4. The number of hydrogen-bond donors (Lipinski definition) is 1. The summed E-state index contributed by atoms with van der Waals surface area (Å²) in [6, 6.07) is 9.34. The molecular weight excluding hydrogens is 292 g/mol. The molecule has 5 nitrogen and oxygen atoms in total. The first-order valence-electron chi connectivity index (χ1n) is 8.13. The average Bonchev–Trinajstić information content (AvgIpc) is 2.48. The van der Waals surface area contributed by atoms with Gasteiger partial charge >= 0.3 is 6.09 Å². The lowest BCUT2D eigenvalue weighted by molar-refractivity contribution is 0.0455. The summed E-state index contributed by atoms with van der Waals surface area (Å²) >= 11 is 0. The molecule has 1 saturated heterocycles. The number of likely N-dealkylation sites (tertiary alicyclic amines) is 1. The predicted molar refractivity (Wildman–Crippen MR) is 89.6 cm³/mol. The third-order valence-electron chi connectivity index (χ3n) is 3.75. The van der Waals surface area contributed by atoms with Gasteiger partial charge in [-0.3, -0.25) is 9.69 Å². The van der Waals surface area contributed by atoms with Gasteiger partial charge in [0.25, 0.3) is 0 Å². The first kappa shape index (κ1) is 17.5. The zero-order valence-electron chi connectivity index (χ0n) is 14.2. The maximum absolute atomic E-state index is 12.2. The minimum Gasteiger partial charge on any atom is -0.446 e. The summed E-state index contributed by atoms with van der Waals surface area (Å²) in [4.78, 5) is 26.1. The van der Waals surface area contributed by atoms with Gasteiger partial charge < -0.3 is 10.1 Å². The van der Waals surface area contributed by atoms with Gasteiger partial charge in [-0.05, 0) is 33.6 Å². The van der Waals surface area contributed by atoms with Crippen LogP contribution in [-0.4, -0.2) is 48.1 Å². The second-order valence-electron chi connectivity index (χ2n) is 7.05. The second-order valence-corrected chi connectivity index (χ2v) is 7.05. The number of nitrogens with zero attached hydrogens (tertiary/aromatic N) is 1. The monoisotopic (exact) mass is 318 g/mol. The molecule has 1 aromatic carbocycles. The van der Waals surface area contributed by atoms with Crippen LogP contribution in [0.3, 0.4) is 0 Å². The normalized spacial score (nSPS) is 16.8. The molecule has 23 heavy (non-hydrogen) atoms. The zero-order chi connectivity index (χ0) is 16.9. The number of Topliss-reactive ketones (excluding diaryl/α,β-unsaturated/α-hetero) is 1. The van der Waals surface area contributed by atoms with Crippen LogP contribution in [0.1, 0.15) is 44.0 Å². The number of carbonyl (C=O) groups is 2. The van der Waals surface area contributed by atoms with Gasteiger partial charge in [-0.2, -0.15) is 0 Å². The largest absolute Gasteiger partial charge is 0.446 e. The van der Waals surface area contributed by atoms with Crippen molar-refractivity contribution >= 4 is 11.9 Å². The molecule has 0 aromatic heterocycles. The molecule has 2 rings (SSSR count). The van der Waals surface area contributed by atoms with E-state index in [-0.39, 0.29) is 23.5 Å². The van der Waals surface area contributed by atoms with E-state index in [4.69, 9.17) is 4.74 Å². The molecule has 0 radical (unpaired) electrons. The molecular formula is C18H26N2O3. The molecule has 5 heteroatoms. The summed E-state index contributed by atoms with van der Waals surface area (Å²) in [6.45, 7) is 7.73. The lowest BCUT2D eigenvalue weighted by Gasteiger charge is -2.32. The van der Waals surface area contributed by atoms with Crippen molar-refractivity contribution in [2.24, 2.45) is 0 Å². The van der Waals surface area contributed by atoms with Crippen molar-refractivity contribution < 1.29 is 14.3 Å². The summed E-state index contributed by atoms with van der Waals surface area (Å²) in [5.74, 6) is 0.135. The standard InChI is InChI=1S/C18H26N2O3/c1-18(2,3)19-17(22)23-15-9-11-20(12-10-15)13-16(21)14-7-5-4-6-8-14/h4-8,15H,9-13H2,1-3H3,(H,19,22). The Labute approximate surface area is 138 Å². The van der Waals surface area contributed by atoms with Crippen LogP contribution in [0.5, 0.6) is 0 Å². The lowest BCUT2D eigenvalue weighted by atomic mass is 10.1. The molecule has 1 fully saturated rings. The third kappa shape index (κ3) is 6.02. The minimum absolute atomic E-state index is 0.0690. The van der Waals surface area contributed by atoms with Gasteiger partial charge in [0, 0.05) is 24.2 Å². The van der Waals surface area contributed by atoms with Gasteiger partial charge in [0.15, 0.2) is 5.78 Å². The zero-order valence-corrected chi connectivity index (χ0v) is 14.2. The number of carbonyl (C=O) groups excluding carboxylic acids is 2. The molecule has 0 bridgehead atoms. The number of ether oxygens (including phenoxy) is 1. The Morgan fingerprint density at radius 2 is 1.78 bits per heavy atom. The van der Waals surface area contributed by atoms with E-state index < -0.39 is 0 Å². The SMILES string of the molecule is CC(C)(C)NC(=O)OC1CCN(CC(=O)c2ccccc2)CC1. The van der Waals surface area contributed by atoms with E-state index in [2.05, 4.69) is 10.2 Å². The maximum Gasteiger partial charge on any atom is 0.407 e. The molecule has 0 unspecified atom stereocenters. The number of ketones is 1. The molecule has 0 saturated carbocycles. The summed E-state index contributed by atoms with van der Waals surface area (Å²) in [5, 5.41) is 2.80. The van der Waals surface area contributed by atoms with Crippen LogP contribution >= 0.6 is 0 Å². The second kappa shape index (κ2) is 7.59. The molecule has 1 aromatic rings. The van der Waals surface area contributed by atoms with Crippen LogP contribution in [0.25, 0.3) is 0 Å². The summed E-state index contributed by atoms with van der Waals surface area (Å²) in [5.41, 5.74) is 0.454. The van der Waals surface area contributed by atoms with Gasteiger partial charge in [0.2, 0.25) is 0 Å². The Kier molecular flexibility index (Phi) is 5.77. The first-order chi connectivity index (χ1) is 10.8. The highest BCUT2D eigenvalue weighted by atomic mass is 16.6. The van der Waals surface area contributed by atoms with Crippen molar-refractivity contribution in [1.82, 2.24) is 10.2 Å². The molecule has 1 aliphatic rings. The fraction of sp³-hybridized carbons (Fsp3) is 0.556. The van der Waals surface area contributed by atoms with E-state index in [0.29, 0.717) is 6.54 Å². The summed E-state index contributed by atoms with van der Waals surface area (Å²) < 4.78 is 5.44. The topological polar surface area (TPSA) is 58.6 Å². The molecule has 1 amide bonds. The smallest absolute Gasteiger partial charge is 0.407 e. The van der Waals surface area contributed by atoms with E-state index in [0.717, 1.165) is 31.5 Å². The number of alkyl carbamates (subject to hydrolysis) is 1. The van der Waals surface area contributed by atoms with Crippen molar-refractivity contribution in [1.29, 1.82) is 0 Å². The van der Waals surface area contributed by atoms with E-state index >= 15 is 0 Å². The average molecular weight is 318 g/mol. The molecule has 1 N–H and O–H groups in total. The van der Waals surface area contributed by atoms with Crippen LogP contribution in [0.4, 0.5) is 4.79 Å². The van der Waals surface area contributed by atoms with E-state index in [1.807, 2.05) is 51.1 Å². The quantitative estimate of drug-likeness (QED) is 0.867. The number of nitrogens with one attached hydrogen (secondary N) is 1. The fourth-order valence-corrected chi connectivity index (χ4v) is 2.59. The maximum atomic E-state index is 12.2. The Hall–Kier alpha value is -1.88. The van der Waals surface area contributed by atoms with E-state index in [1.54, 1.807) is 0 Å². The van der Waals surface area contributed by atoms with Crippen LogP contribution in [0.15, 0.2) is 30.3 Å². The predicted octanol–water partition coefficient (Wildman–Crippen LogP) is 2.86. The first-order valence-corrected chi connectivity index (χ1v) is 8.13. The number of piperidine rings is 1. The number of amides is 1. The number of benzene rings is 1. The number of hydrogen-bond acceptors (Lipinski definition) is 4. The highest BCUT2D eigenvalue weighted by molar-refractivity contribution is 5.97. The Bertz CT molecular complexity index is 529. The van der Waals surface area contributed by atoms with Gasteiger partial charge in [0.05, 0.1) is 6.54 Å².